The molecule has 1 aliphatic heterocycles. The molecule has 1 saturated heterocycles. The molecule has 2 heterocycles. The van der Waals surface area contributed by atoms with Gasteiger partial charge in [0.05, 0.1) is 5.52 Å². The zero-order valence-electron chi connectivity index (χ0n) is 9.36. The maximum atomic E-state index is 4.60. The van der Waals surface area contributed by atoms with Crippen LogP contribution in [0.15, 0.2) is 24.3 Å². The number of halogens is 1. The summed E-state index contributed by atoms with van der Waals surface area (Å²) in [5.74, 6) is 1.07. The van der Waals surface area contributed by atoms with Gasteiger partial charge in [0.1, 0.15) is 5.82 Å². The molecule has 1 aromatic heterocycles. The second kappa shape index (κ2) is 4.73. The number of aromatic nitrogens is 2. The Hall–Kier alpha value is -0.950. The summed E-state index contributed by atoms with van der Waals surface area (Å²) in [6, 6.07) is 8.21. The molecule has 0 bridgehead atoms. The Morgan fingerprint density at radius 2 is 1.88 bits per heavy atom. The molecule has 1 fully saturated rings. The molecule has 0 aliphatic carbocycles. The zero-order chi connectivity index (χ0) is 11.7. The fourth-order valence-electron chi connectivity index (χ4n) is 2.15. The van der Waals surface area contributed by atoms with Crippen molar-refractivity contribution in [2.45, 2.75) is 0 Å². The fourth-order valence-corrected chi connectivity index (χ4v) is 2.64. The van der Waals surface area contributed by atoms with Gasteiger partial charge in [-0.05, 0) is 12.1 Å². The number of nitrogens with zero attached hydrogens (tertiary/aromatic N) is 3. The number of nitrogens with one attached hydrogen (secondary N) is 1. The third kappa shape index (κ3) is 2.21. The molecule has 0 saturated carbocycles. The van der Waals surface area contributed by atoms with E-state index in [-0.39, 0.29) is 0 Å². The maximum Gasteiger partial charge on any atom is 0.193 e. The summed E-state index contributed by atoms with van der Waals surface area (Å²) >= 11 is 2.19. The summed E-state index contributed by atoms with van der Waals surface area (Å²) in [6.07, 6.45) is 0. The number of anilines is 1. The second-order valence-electron chi connectivity index (χ2n) is 4.07. The van der Waals surface area contributed by atoms with Gasteiger partial charge in [-0.1, -0.05) is 12.1 Å². The molecular formula is C12H13IN4. The number of hydrogen-bond acceptors (Lipinski definition) is 4. The van der Waals surface area contributed by atoms with Gasteiger partial charge in [0, 0.05) is 54.2 Å². The van der Waals surface area contributed by atoms with Gasteiger partial charge in [0.25, 0.3) is 0 Å². The van der Waals surface area contributed by atoms with Crippen molar-refractivity contribution in [1.82, 2.24) is 15.3 Å². The molecule has 1 N–H and O–H groups in total. The third-order valence-corrected chi connectivity index (χ3v) is 3.45. The molecular weight excluding hydrogens is 327 g/mol. The van der Waals surface area contributed by atoms with E-state index in [1.807, 2.05) is 18.2 Å². The maximum absolute atomic E-state index is 4.60. The van der Waals surface area contributed by atoms with Gasteiger partial charge in [-0.3, -0.25) is 0 Å². The first kappa shape index (κ1) is 11.2. The van der Waals surface area contributed by atoms with Crippen molar-refractivity contribution in [3.8, 4) is 0 Å². The van der Waals surface area contributed by atoms with E-state index in [9.17, 15) is 0 Å². The Morgan fingerprint density at radius 3 is 2.71 bits per heavy atom. The normalized spacial score (nSPS) is 16.4. The zero-order valence-corrected chi connectivity index (χ0v) is 11.5. The molecule has 1 aliphatic rings. The molecule has 88 valence electrons. The quantitative estimate of drug-likeness (QED) is 0.633. The van der Waals surface area contributed by atoms with Crippen LogP contribution in [0.3, 0.4) is 0 Å². The Morgan fingerprint density at radius 1 is 1.12 bits per heavy atom. The summed E-state index contributed by atoms with van der Waals surface area (Å²) in [5, 5.41) is 4.51. The van der Waals surface area contributed by atoms with Gasteiger partial charge in [-0.15, -0.1) is 0 Å². The average molecular weight is 340 g/mol. The predicted octanol–water partition coefficient (Wildman–Crippen LogP) is 1.64. The molecule has 2 aromatic rings. The number of para-hydroxylation sites is 1. The lowest BCUT2D eigenvalue weighted by Gasteiger charge is -2.29. The minimum Gasteiger partial charge on any atom is -0.353 e. The molecule has 5 heteroatoms. The van der Waals surface area contributed by atoms with E-state index in [1.54, 1.807) is 0 Å². The van der Waals surface area contributed by atoms with Crippen LogP contribution in [0.25, 0.3) is 10.9 Å². The van der Waals surface area contributed by atoms with Crippen LogP contribution < -0.4 is 10.2 Å². The smallest absolute Gasteiger partial charge is 0.193 e. The number of hydrogen-bond donors (Lipinski definition) is 1. The van der Waals surface area contributed by atoms with Crippen LogP contribution >= 0.6 is 22.6 Å². The Bertz CT molecular complexity index is 537. The molecule has 3 rings (SSSR count). The first-order valence-corrected chi connectivity index (χ1v) is 6.80. The van der Waals surface area contributed by atoms with Crippen molar-refractivity contribution in [3.05, 3.63) is 28.1 Å². The summed E-state index contributed by atoms with van der Waals surface area (Å²) in [6.45, 7) is 4.07. The van der Waals surface area contributed by atoms with Crippen LogP contribution in [0, 0.1) is 3.83 Å². The molecule has 17 heavy (non-hydrogen) atoms. The highest BCUT2D eigenvalue weighted by Crippen LogP contribution is 2.24. The SMILES string of the molecule is Ic1nc(N2CCNCC2)c2ccccc2n1. The van der Waals surface area contributed by atoms with Crippen LogP contribution in [0.5, 0.6) is 0 Å². The molecule has 0 spiro atoms. The van der Waals surface area contributed by atoms with Gasteiger partial charge in [-0.25, -0.2) is 9.97 Å². The summed E-state index contributed by atoms with van der Waals surface area (Å²) in [5.41, 5.74) is 1.03. The fraction of sp³-hybridized carbons (Fsp3) is 0.333. The minimum atomic E-state index is 0.815. The molecule has 0 atom stereocenters. The van der Waals surface area contributed by atoms with Crippen molar-refractivity contribution in [1.29, 1.82) is 0 Å². The van der Waals surface area contributed by atoms with E-state index in [2.05, 4.69) is 48.8 Å². The Kier molecular flexibility index (Phi) is 3.11. The molecule has 0 radical (unpaired) electrons. The van der Waals surface area contributed by atoms with Crippen LogP contribution in [-0.4, -0.2) is 36.1 Å². The van der Waals surface area contributed by atoms with E-state index in [1.165, 1.54) is 0 Å². The molecule has 0 amide bonds. The van der Waals surface area contributed by atoms with Crippen molar-refractivity contribution >= 4 is 39.3 Å². The lowest BCUT2D eigenvalue weighted by molar-refractivity contribution is 0.585. The summed E-state index contributed by atoms with van der Waals surface area (Å²) in [7, 11) is 0. The lowest BCUT2D eigenvalue weighted by atomic mass is 10.2. The first-order chi connectivity index (χ1) is 8.34. The van der Waals surface area contributed by atoms with Crippen molar-refractivity contribution in [2.75, 3.05) is 31.1 Å². The van der Waals surface area contributed by atoms with Crippen LogP contribution in [0.1, 0.15) is 0 Å². The van der Waals surface area contributed by atoms with Gasteiger partial charge in [0.15, 0.2) is 3.83 Å². The van der Waals surface area contributed by atoms with E-state index >= 15 is 0 Å². The number of rotatable bonds is 1. The van der Waals surface area contributed by atoms with Crippen molar-refractivity contribution in [2.24, 2.45) is 0 Å². The second-order valence-corrected chi connectivity index (χ2v) is 5.04. The predicted molar refractivity (Wildman–Crippen MR) is 77.3 cm³/mol. The standard InChI is InChI=1S/C12H13IN4/c13-12-15-10-4-2-1-3-9(10)11(16-12)17-7-5-14-6-8-17/h1-4,14H,5-8H2. The van der Waals surface area contributed by atoms with Crippen molar-refractivity contribution in [3.63, 3.8) is 0 Å². The Balaban J connectivity index is 2.13. The summed E-state index contributed by atoms with van der Waals surface area (Å²) in [4.78, 5) is 11.4. The van der Waals surface area contributed by atoms with E-state index in [4.69, 9.17) is 0 Å². The van der Waals surface area contributed by atoms with Gasteiger partial charge in [0.2, 0.25) is 0 Å². The van der Waals surface area contributed by atoms with Crippen LogP contribution in [-0.2, 0) is 0 Å². The van der Waals surface area contributed by atoms with Gasteiger partial charge >= 0.3 is 0 Å². The first-order valence-electron chi connectivity index (χ1n) is 5.72. The topological polar surface area (TPSA) is 41.1 Å². The van der Waals surface area contributed by atoms with Gasteiger partial charge in [-0.2, -0.15) is 0 Å². The monoisotopic (exact) mass is 340 g/mol. The summed E-state index contributed by atoms with van der Waals surface area (Å²) < 4.78 is 0.815. The lowest BCUT2D eigenvalue weighted by Crippen LogP contribution is -2.44. The van der Waals surface area contributed by atoms with Crippen LogP contribution in [0.2, 0.25) is 0 Å². The highest BCUT2D eigenvalue weighted by molar-refractivity contribution is 14.1. The highest BCUT2D eigenvalue weighted by atomic mass is 127. The molecule has 4 nitrogen and oxygen atoms in total. The molecule has 1 aromatic carbocycles. The largest absolute Gasteiger partial charge is 0.353 e. The minimum absolute atomic E-state index is 0.815. The number of fused-ring (bicyclic) bond motifs is 1. The number of benzene rings is 1. The van der Waals surface area contributed by atoms with E-state index in [0.29, 0.717) is 0 Å². The third-order valence-electron chi connectivity index (χ3n) is 2.97. The van der Waals surface area contributed by atoms with Crippen LogP contribution in [0.4, 0.5) is 5.82 Å². The van der Waals surface area contributed by atoms with E-state index in [0.717, 1.165) is 46.7 Å². The number of piperazine rings is 1. The Labute approximate surface area is 114 Å². The average Bonchev–Trinajstić information content (AvgIpc) is 2.39. The van der Waals surface area contributed by atoms with Crippen molar-refractivity contribution < 1.29 is 0 Å². The van der Waals surface area contributed by atoms with E-state index < -0.39 is 0 Å². The molecule has 0 unspecified atom stereocenters. The van der Waals surface area contributed by atoms with Gasteiger partial charge < -0.3 is 10.2 Å². The highest BCUT2D eigenvalue weighted by Gasteiger charge is 2.15.